The van der Waals surface area contributed by atoms with Crippen molar-refractivity contribution in [2.45, 2.75) is 100 Å². The number of nitrogens with zero attached hydrogens (tertiary/aromatic N) is 4. The number of nitriles is 1. The molecule has 0 aliphatic heterocycles. The Balaban J connectivity index is 2.56. The molecule has 0 bridgehead atoms. The lowest BCUT2D eigenvalue weighted by Crippen LogP contribution is -2.34. The second-order valence-corrected chi connectivity index (χ2v) is 12.6. The molecule has 5 heteroatoms. The number of aliphatic imine (C=N–C) groups is 2. The monoisotopic (exact) mass is 488 g/mol. The lowest BCUT2D eigenvalue weighted by molar-refractivity contribution is 0.0498. The van der Waals surface area contributed by atoms with Crippen LogP contribution in [-0.2, 0) is 4.74 Å². The fourth-order valence-corrected chi connectivity index (χ4v) is 4.56. The normalized spacial score (nSPS) is 16.4. The average Bonchev–Trinajstić information content (AvgIpc) is 3.55. The van der Waals surface area contributed by atoms with Gasteiger partial charge in [0.25, 0.3) is 0 Å². The van der Waals surface area contributed by atoms with Gasteiger partial charge in [-0.2, -0.15) is 5.26 Å². The Morgan fingerprint density at radius 2 is 1.54 bits per heavy atom. The van der Waals surface area contributed by atoms with Crippen LogP contribution in [0.3, 0.4) is 0 Å². The predicted octanol–water partition coefficient (Wildman–Crippen LogP) is 7.07. The Morgan fingerprint density at radius 3 is 2.00 bits per heavy atom. The van der Waals surface area contributed by atoms with Gasteiger partial charge in [-0.15, -0.1) is 0 Å². The summed E-state index contributed by atoms with van der Waals surface area (Å²) in [5.74, 6) is 2.15. The molecular formula is C30H56N4O. The fourth-order valence-electron chi connectivity index (χ4n) is 4.56. The molecule has 0 spiro atoms. The van der Waals surface area contributed by atoms with Gasteiger partial charge in [0.2, 0.25) is 0 Å². The summed E-state index contributed by atoms with van der Waals surface area (Å²) in [4.78, 5) is 12.0. The quantitative estimate of drug-likeness (QED) is 0.172. The second kappa shape index (κ2) is 17.2. The highest BCUT2D eigenvalue weighted by Crippen LogP contribution is 2.31. The zero-order valence-corrected chi connectivity index (χ0v) is 24.4. The van der Waals surface area contributed by atoms with Crippen molar-refractivity contribution >= 4 is 11.4 Å². The average molecular weight is 489 g/mol. The van der Waals surface area contributed by atoms with E-state index in [0.29, 0.717) is 11.8 Å². The van der Waals surface area contributed by atoms with E-state index in [1.54, 1.807) is 0 Å². The summed E-state index contributed by atoms with van der Waals surface area (Å²) in [6.45, 7) is 23.8. The lowest BCUT2D eigenvalue weighted by atomic mass is 9.86. The largest absolute Gasteiger partial charge is 0.381 e. The van der Waals surface area contributed by atoms with Crippen LogP contribution in [0.4, 0.5) is 0 Å². The van der Waals surface area contributed by atoms with Crippen molar-refractivity contribution in [2.75, 3.05) is 45.9 Å². The molecule has 1 saturated carbocycles. The first-order chi connectivity index (χ1) is 16.5. The van der Waals surface area contributed by atoms with Crippen molar-refractivity contribution in [1.82, 2.24) is 4.90 Å². The van der Waals surface area contributed by atoms with E-state index >= 15 is 0 Å². The Kier molecular flexibility index (Phi) is 15.7. The van der Waals surface area contributed by atoms with Gasteiger partial charge < -0.3 is 4.74 Å². The zero-order chi connectivity index (χ0) is 26.3. The van der Waals surface area contributed by atoms with E-state index in [4.69, 9.17) is 14.7 Å². The SMILES string of the molecule is CC(CC(C)C)=NCCN(CCN=C(C)CC(C)C)CC(C#N)CCCC(C)(C)COCC1CC1. The third kappa shape index (κ3) is 17.8. The third-order valence-electron chi connectivity index (χ3n) is 6.61. The Bertz CT molecular complexity index is 640. The van der Waals surface area contributed by atoms with Gasteiger partial charge in [0.05, 0.1) is 31.7 Å². The highest BCUT2D eigenvalue weighted by Gasteiger charge is 2.24. The molecule has 1 fully saturated rings. The van der Waals surface area contributed by atoms with Crippen LogP contribution in [0.5, 0.6) is 0 Å². The van der Waals surface area contributed by atoms with Crippen LogP contribution in [0.1, 0.15) is 100 Å². The second-order valence-electron chi connectivity index (χ2n) is 12.6. The van der Waals surface area contributed by atoms with Gasteiger partial charge in [0.1, 0.15) is 0 Å². The maximum atomic E-state index is 9.88. The molecule has 5 nitrogen and oxygen atoms in total. The molecule has 1 atom stereocenters. The summed E-state index contributed by atoms with van der Waals surface area (Å²) >= 11 is 0. The first-order valence-corrected chi connectivity index (χ1v) is 14.2. The van der Waals surface area contributed by atoms with Gasteiger partial charge in [0.15, 0.2) is 0 Å². The van der Waals surface area contributed by atoms with Crippen molar-refractivity contribution in [2.24, 2.45) is 39.1 Å². The molecule has 0 heterocycles. The van der Waals surface area contributed by atoms with Crippen LogP contribution in [0.15, 0.2) is 9.98 Å². The molecule has 35 heavy (non-hydrogen) atoms. The van der Waals surface area contributed by atoms with Crippen molar-refractivity contribution < 1.29 is 4.74 Å². The molecule has 1 aliphatic carbocycles. The number of rotatable bonds is 20. The molecule has 0 saturated heterocycles. The molecule has 0 amide bonds. The molecule has 0 aromatic rings. The topological polar surface area (TPSA) is 61.0 Å². The van der Waals surface area contributed by atoms with E-state index in [9.17, 15) is 5.26 Å². The van der Waals surface area contributed by atoms with Crippen LogP contribution >= 0.6 is 0 Å². The summed E-state index contributed by atoms with van der Waals surface area (Å²) < 4.78 is 5.95. The Hall–Kier alpha value is -1.25. The fraction of sp³-hybridized carbons (Fsp3) is 0.900. The van der Waals surface area contributed by atoms with Crippen molar-refractivity contribution in [3.63, 3.8) is 0 Å². The molecule has 0 aromatic heterocycles. The van der Waals surface area contributed by atoms with Crippen LogP contribution < -0.4 is 0 Å². The summed E-state index contributed by atoms with van der Waals surface area (Å²) in [7, 11) is 0. The molecule has 1 aliphatic rings. The summed E-state index contributed by atoms with van der Waals surface area (Å²) in [5, 5.41) is 9.88. The molecule has 0 radical (unpaired) electrons. The van der Waals surface area contributed by atoms with Gasteiger partial charge >= 0.3 is 0 Å². The van der Waals surface area contributed by atoms with Gasteiger partial charge in [0, 0.05) is 37.7 Å². The minimum atomic E-state index is 0.0552. The summed E-state index contributed by atoms with van der Waals surface area (Å²) in [6, 6.07) is 2.59. The van der Waals surface area contributed by atoms with Gasteiger partial charge in [-0.25, -0.2) is 0 Å². The molecule has 1 unspecified atom stereocenters. The number of hydrogen-bond acceptors (Lipinski definition) is 5. The maximum Gasteiger partial charge on any atom is 0.0669 e. The maximum absolute atomic E-state index is 9.88. The first-order valence-electron chi connectivity index (χ1n) is 14.2. The molecule has 0 N–H and O–H groups in total. The van der Waals surface area contributed by atoms with E-state index in [-0.39, 0.29) is 11.3 Å². The van der Waals surface area contributed by atoms with Crippen molar-refractivity contribution in [1.29, 1.82) is 5.26 Å². The van der Waals surface area contributed by atoms with Crippen LogP contribution in [-0.4, -0.2) is 62.3 Å². The van der Waals surface area contributed by atoms with Crippen LogP contribution in [0.2, 0.25) is 0 Å². The van der Waals surface area contributed by atoms with Crippen molar-refractivity contribution in [3.05, 3.63) is 0 Å². The van der Waals surface area contributed by atoms with E-state index in [1.165, 1.54) is 24.3 Å². The predicted molar refractivity (Wildman–Crippen MR) is 152 cm³/mol. The van der Waals surface area contributed by atoms with Gasteiger partial charge in [-0.3, -0.25) is 14.9 Å². The third-order valence-corrected chi connectivity index (χ3v) is 6.61. The molecular weight excluding hydrogens is 432 g/mol. The van der Waals surface area contributed by atoms with E-state index in [2.05, 4.69) is 66.4 Å². The standard InChI is InChI=1S/C30H56N4O/c1-24(2)18-26(5)32-14-16-34(17-15-33-27(6)19-25(3)4)21-29(20-31)10-9-13-30(7,8)23-35-22-28-11-12-28/h24-25,28-29H,9-19,21-23H2,1-8H3. The number of hydrogen-bond donors (Lipinski definition) is 0. The van der Waals surface area contributed by atoms with E-state index < -0.39 is 0 Å². The van der Waals surface area contributed by atoms with Crippen LogP contribution in [0, 0.1) is 40.4 Å². The first kappa shape index (κ1) is 31.8. The van der Waals surface area contributed by atoms with Gasteiger partial charge in [-0.05, 0) is 75.5 Å². The minimum Gasteiger partial charge on any atom is -0.381 e. The van der Waals surface area contributed by atoms with E-state index in [0.717, 1.165) is 84.0 Å². The summed E-state index contributed by atoms with van der Waals surface area (Å²) in [6.07, 6.45) is 7.91. The molecule has 0 aromatic carbocycles. The van der Waals surface area contributed by atoms with Gasteiger partial charge in [-0.1, -0.05) is 48.0 Å². The minimum absolute atomic E-state index is 0.0552. The number of ether oxygens (including phenoxy) is 1. The molecule has 1 rings (SSSR count). The Morgan fingerprint density at radius 1 is 1.00 bits per heavy atom. The highest BCUT2D eigenvalue weighted by molar-refractivity contribution is 5.82. The smallest absolute Gasteiger partial charge is 0.0669 e. The van der Waals surface area contributed by atoms with Crippen LogP contribution in [0.25, 0.3) is 0 Å². The van der Waals surface area contributed by atoms with E-state index in [1.807, 2.05) is 0 Å². The lowest BCUT2D eigenvalue weighted by Gasteiger charge is -2.26. The Labute approximate surface area is 217 Å². The molecule has 202 valence electrons. The van der Waals surface area contributed by atoms with Crippen molar-refractivity contribution in [3.8, 4) is 6.07 Å². The highest BCUT2D eigenvalue weighted by atomic mass is 16.5. The summed E-state index contributed by atoms with van der Waals surface area (Å²) in [5.41, 5.74) is 2.64. The zero-order valence-electron chi connectivity index (χ0n) is 24.4.